The minimum atomic E-state index is -0.971. The van der Waals surface area contributed by atoms with E-state index in [1.807, 2.05) is 6.92 Å². The normalized spacial score (nSPS) is 16.6. The predicted molar refractivity (Wildman–Crippen MR) is 60.2 cm³/mol. The lowest BCUT2D eigenvalue weighted by molar-refractivity contribution is -0.137. The van der Waals surface area contributed by atoms with Gasteiger partial charge in [-0.25, -0.2) is 4.79 Å². The van der Waals surface area contributed by atoms with Gasteiger partial charge in [-0.15, -0.1) is 0 Å². The van der Waals surface area contributed by atoms with E-state index in [4.69, 9.17) is 5.11 Å². The number of carbonyl (C=O) groups excluding carboxylic acids is 1. The summed E-state index contributed by atoms with van der Waals surface area (Å²) in [6.45, 7) is 4.94. The van der Waals surface area contributed by atoms with Gasteiger partial charge in [-0.1, -0.05) is 13.8 Å². The Labute approximate surface area is 95.8 Å². The zero-order valence-corrected chi connectivity index (χ0v) is 9.95. The van der Waals surface area contributed by atoms with Gasteiger partial charge in [0.25, 0.3) is 0 Å². The summed E-state index contributed by atoms with van der Waals surface area (Å²) >= 11 is 0. The van der Waals surface area contributed by atoms with Gasteiger partial charge in [0.1, 0.15) is 6.54 Å². The molecule has 0 aromatic carbocycles. The predicted octanol–water partition coefficient (Wildman–Crippen LogP) is 1.29. The summed E-state index contributed by atoms with van der Waals surface area (Å²) in [6, 6.07) is -0.266. The van der Waals surface area contributed by atoms with Gasteiger partial charge in [0, 0.05) is 13.1 Å². The Hall–Kier alpha value is -1.26. The van der Waals surface area contributed by atoms with E-state index in [0.29, 0.717) is 13.1 Å². The molecule has 0 aliphatic heterocycles. The fourth-order valence-corrected chi connectivity index (χ4v) is 1.48. The summed E-state index contributed by atoms with van der Waals surface area (Å²) in [6.07, 6.45) is 3.04. The lowest BCUT2D eigenvalue weighted by Gasteiger charge is -2.21. The molecule has 0 radical (unpaired) electrons. The SMILES string of the molecule is CCCN(CC(=O)O)C(=O)NCC1(C)CC1. The molecule has 0 spiro atoms. The smallest absolute Gasteiger partial charge is 0.323 e. The molecule has 16 heavy (non-hydrogen) atoms. The van der Waals surface area contributed by atoms with Gasteiger partial charge in [-0.05, 0) is 24.7 Å². The summed E-state index contributed by atoms with van der Waals surface area (Å²) in [5.74, 6) is -0.971. The highest BCUT2D eigenvalue weighted by molar-refractivity contribution is 5.80. The summed E-state index contributed by atoms with van der Waals surface area (Å²) in [7, 11) is 0. The van der Waals surface area contributed by atoms with Crippen molar-refractivity contribution in [1.29, 1.82) is 0 Å². The lowest BCUT2D eigenvalue weighted by Crippen LogP contribution is -2.44. The Morgan fingerprint density at radius 3 is 2.50 bits per heavy atom. The van der Waals surface area contributed by atoms with Crippen molar-refractivity contribution in [2.24, 2.45) is 5.41 Å². The van der Waals surface area contributed by atoms with Crippen LogP contribution in [-0.2, 0) is 4.79 Å². The molecule has 2 N–H and O–H groups in total. The Kier molecular flexibility index (Phi) is 4.15. The molecule has 1 rings (SSSR count). The first-order chi connectivity index (χ1) is 7.47. The molecule has 0 bridgehead atoms. The number of nitrogens with zero attached hydrogens (tertiary/aromatic N) is 1. The number of nitrogens with one attached hydrogen (secondary N) is 1. The molecule has 1 aliphatic carbocycles. The van der Waals surface area contributed by atoms with Crippen LogP contribution in [0.3, 0.4) is 0 Å². The van der Waals surface area contributed by atoms with E-state index in [1.165, 1.54) is 4.90 Å². The Bertz CT molecular complexity index is 274. The molecular formula is C11H20N2O3. The van der Waals surface area contributed by atoms with Crippen LogP contribution in [0.15, 0.2) is 0 Å². The van der Waals surface area contributed by atoms with Gasteiger partial charge in [0.05, 0.1) is 0 Å². The molecule has 1 aliphatic rings. The van der Waals surface area contributed by atoms with E-state index >= 15 is 0 Å². The average molecular weight is 228 g/mol. The molecule has 2 amide bonds. The molecule has 1 fully saturated rings. The number of carbonyl (C=O) groups is 2. The molecule has 0 aromatic rings. The molecule has 92 valence electrons. The van der Waals surface area contributed by atoms with Crippen LogP contribution in [-0.4, -0.2) is 41.6 Å². The fourth-order valence-electron chi connectivity index (χ4n) is 1.48. The Morgan fingerprint density at radius 1 is 1.44 bits per heavy atom. The average Bonchev–Trinajstić information content (AvgIpc) is 2.92. The second-order valence-corrected chi connectivity index (χ2v) is 4.78. The van der Waals surface area contributed by atoms with Gasteiger partial charge < -0.3 is 15.3 Å². The van der Waals surface area contributed by atoms with Crippen LogP contribution in [0, 0.1) is 5.41 Å². The Balaban J connectivity index is 2.36. The van der Waals surface area contributed by atoms with Crippen molar-refractivity contribution in [3.8, 4) is 0 Å². The van der Waals surface area contributed by atoms with Crippen LogP contribution in [0.4, 0.5) is 4.79 Å². The zero-order valence-electron chi connectivity index (χ0n) is 9.95. The second kappa shape index (κ2) is 5.18. The summed E-state index contributed by atoms with van der Waals surface area (Å²) in [5, 5.41) is 11.5. The third-order valence-corrected chi connectivity index (χ3v) is 2.88. The maximum Gasteiger partial charge on any atom is 0.323 e. The van der Waals surface area contributed by atoms with Crippen LogP contribution >= 0.6 is 0 Å². The Morgan fingerprint density at radius 2 is 2.06 bits per heavy atom. The molecule has 0 atom stereocenters. The summed E-state index contributed by atoms with van der Waals surface area (Å²) in [4.78, 5) is 23.6. The largest absolute Gasteiger partial charge is 0.480 e. The lowest BCUT2D eigenvalue weighted by atomic mass is 10.1. The molecule has 0 heterocycles. The van der Waals surface area contributed by atoms with Crippen molar-refractivity contribution < 1.29 is 14.7 Å². The highest BCUT2D eigenvalue weighted by Gasteiger charge is 2.37. The van der Waals surface area contributed by atoms with E-state index in [1.54, 1.807) is 0 Å². The molecular weight excluding hydrogens is 208 g/mol. The highest BCUT2D eigenvalue weighted by atomic mass is 16.4. The van der Waals surface area contributed by atoms with E-state index in [2.05, 4.69) is 12.2 Å². The summed E-state index contributed by atoms with van der Waals surface area (Å²) in [5.41, 5.74) is 0.247. The molecule has 5 heteroatoms. The van der Waals surface area contributed by atoms with Gasteiger partial charge >= 0.3 is 12.0 Å². The third kappa shape index (κ3) is 4.08. The first kappa shape index (κ1) is 12.8. The number of aliphatic carboxylic acids is 1. The van der Waals surface area contributed by atoms with Crippen LogP contribution in [0.2, 0.25) is 0 Å². The van der Waals surface area contributed by atoms with Crippen molar-refractivity contribution in [2.75, 3.05) is 19.6 Å². The van der Waals surface area contributed by atoms with Crippen molar-refractivity contribution in [2.45, 2.75) is 33.1 Å². The van der Waals surface area contributed by atoms with Crippen LogP contribution in [0.1, 0.15) is 33.1 Å². The number of amides is 2. The number of urea groups is 1. The van der Waals surface area contributed by atoms with Crippen LogP contribution in [0.5, 0.6) is 0 Å². The summed E-state index contributed by atoms with van der Waals surface area (Å²) < 4.78 is 0. The first-order valence-corrected chi connectivity index (χ1v) is 5.71. The number of carboxylic acids is 1. The number of hydrogen-bond acceptors (Lipinski definition) is 2. The van der Waals surface area contributed by atoms with Gasteiger partial charge in [-0.3, -0.25) is 4.79 Å². The second-order valence-electron chi connectivity index (χ2n) is 4.78. The highest BCUT2D eigenvalue weighted by Crippen LogP contribution is 2.44. The molecule has 1 saturated carbocycles. The number of rotatable bonds is 6. The monoisotopic (exact) mass is 228 g/mol. The van der Waals surface area contributed by atoms with Gasteiger partial charge in [0.2, 0.25) is 0 Å². The molecule has 0 unspecified atom stereocenters. The first-order valence-electron chi connectivity index (χ1n) is 5.71. The molecule has 5 nitrogen and oxygen atoms in total. The van der Waals surface area contributed by atoms with Gasteiger partial charge in [0.15, 0.2) is 0 Å². The van der Waals surface area contributed by atoms with E-state index in [-0.39, 0.29) is 18.0 Å². The minimum absolute atomic E-state index is 0.226. The fraction of sp³-hybridized carbons (Fsp3) is 0.818. The van der Waals surface area contributed by atoms with Gasteiger partial charge in [-0.2, -0.15) is 0 Å². The van der Waals surface area contributed by atoms with Crippen molar-refractivity contribution in [3.05, 3.63) is 0 Å². The zero-order chi connectivity index (χ0) is 12.2. The number of hydrogen-bond donors (Lipinski definition) is 2. The molecule has 0 aromatic heterocycles. The topological polar surface area (TPSA) is 69.6 Å². The van der Waals surface area contributed by atoms with Crippen molar-refractivity contribution in [1.82, 2.24) is 10.2 Å². The van der Waals surface area contributed by atoms with Crippen LogP contribution in [0.25, 0.3) is 0 Å². The minimum Gasteiger partial charge on any atom is -0.480 e. The number of carboxylic acid groups (broad SMARTS) is 1. The van der Waals surface area contributed by atoms with Crippen molar-refractivity contribution >= 4 is 12.0 Å². The quantitative estimate of drug-likeness (QED) is 0.719. The van der Waals surface area contributed by atoms with E-state index in [0.717, 1.165) is 19.3 Å². The molecule has 0 saturated heterocycles. The maximum absolute atomic E-state index is 11.7. The van der Waals surface area contributed by atoms with E-state index < -0.39 is 5.97 Å². The third-order valence-electron chi connectivity index (χ3n) is 2.88. The van der Waals surface area contributed by atoms with Crippen molar-refractivity contribution in [3.63, 3.8) is 0 Å². The van der Waals surface area contributed by atoms with E-state index in [9.17, 15) is 9.59 Å². The standard InChI is InChI=1S/C11H20N2O3/c1-3-6-13(7-9(14)15)10(16)12-8-11(2)4-5-11/h3-8H2,1-2H3,(H,12,16)(H,14,15). The maximum atomic E-state index is 11.7. The van der Waals surface area contributed by atoms with Crippen LogP contribution < -0.4 is 5.32 Å².